The summed E-state index contributed by atoms with van der Waals surface area (Å²) < 4.78 is 0. The maximum absolute atomic E-state index is 3.38. The second kappa shape index (κ2) is 5.43. The van der Waals surface area contributed by atoms with Gasteiger partial charge in [0.1, 0.15) is 0 Å². The summed E-state index contributed by atoms with van der Waals surface area (Å²) in [4.78, 5) is 2.50. The van der Waals surface area contributed by atoms with Gasteiger partial charge < -0.3 is 10.6 Å². The molecule has 2 N–H and O–H groups in total. The quantitative estimate of drug-likeness (QED) is 0.780. The Hall–Kier alpha value is -0.900. The van der Waals surface area contributed by atoms with Gasteiger partial charge in [0.25, 0.3) is 0 Å². The van der Waals surface area contributed by atoms with Crippen molar-refractivity contribution in [3.05, 3.63) is 35.9 Å². The zero-order valence-corrected chi connectivity index (χ0v) is 10.1. The Labute approximate surface area is 97.8 Å². The lowest BCUT2D eigenvalue weighted by molar-refractivity contribution is 0.318. The summed E-state index contributed by atoms with van der Waals surface area (Å²) >= 11 is 0. The summed E-state index contributed by atoms with van der Waals surface area (Å²) in [5.74, 6) is 0. The van der Waals surface area contributed by atoms with Crippen LogP contribution < -0.4 is 10.6 Å². The fraction of sp³-hybridized carbons (Fsp3) is 0.538. The third kappa shape index (κ3) is 2.61. The number of nitrogens with one attached hydrogen (secondary N) is 2. The molecule has 1 fully saturated rings. The number of rotatable bonds is 4. The molecule has 3 nitrogen and oxygen atoms in total. The average molecular weight is 219 g/mol. The van der Waals surface area contributed by atoms with Crippen molar-refractivity contribution in [1.82, 2.24) is 15.5 Å². The smallest absolute Gasteiger partial charge is 0.0359 e. The van der Waals surface area contributed by atoms with Crippen molar-refractivity contribution in [2.45, 2.75) is 18.6 Å². The van der Waals surface area contributed by atoms with Gasteiger partial charge >= 0.3 is 0 Å². The van der Waals surface area contributed by atoms with E-state index in [2.05, 4.69) is 45.9 Å². The molecule has 1 aliphatic rings. The number of benzene rings is 1. The molecular weight excluding hydrogens is 198 g/mol. The van der Waals surface area contributed by atoms with Gasteiger partial charge in [-0.05, 0) is 19.7 Å². The summed E-state index contributed by atoms with van der Waals surface area (Å²) in [5, 5.41) is 6.75. The van der Waals surface area contributed by atoms with Crippen LogP contribution in [-0.2, 0) is 6.54 Å². The van der Waals surface area contributed by atoms with E-state index in [0.717, 1.165) is 19.6 Å². The van der Waals surface area contributed by atoms with Gasteiger partial charge in [-0.15, -0.1) is 0 Å². The van der Waals surface area contributed by atoms with Crippen LogP contribution in [0.25, 0.3) is 0 Å². The predicted octanol–water partition coefficient (Wildman–Crippen LogP) is 0.678. The fourth-order valence-electron chi connectivity index (χ4n) is 2.44. The third-order valence-corrected chi connectivity index (χ3v) is 3.39. The zero-order chi connectivity index (χ0) is 11.4. The van der Waals surface area contributed by atoms with Crippen LogP contribution in [0, 0.1) is 0 Å². The first-order valence-electron chi connectivity index (χ1n) is 5.94. The van der Waals surface area contributed by atoms with Crippen molar-refractivity contribution in [2.24, 2.45) is 0 Å². The Bertz CT molecular complexity index is 300. The molecule has 0 bridgehead atoms. The fourth-order valence-corrected chi connectivity index (χ4v) is 2.44. The maximum Gasteiger partial charge on any atom is 0.0359 e. The van der Waals surface area contributed by atoms with Crippen LogP contribution in [0.4, 0.5) is 0 Å². The van der Waals surface area contributed by atoms with E-state index in [0.29, 0.717) is 12.1 Å². The Morgan fingerprint density at radius 2 is 1.62 bits per heavy atom. The Kier molecular flexibility index (Phi) is 3.93. The topological polar surface area (TPSA) is 27.3 Å². The third-order valence-electron chi connectivity index (χ3n) is 3.39. The van der Waals surface area contributed by atoms with Crippen molar-refractivity contribution in [3.63, 3.8) is 0 Å². The van der Waals surface area contributed by atoms with Crippen molar-refractivity contribution >= 4 is 0 Å². The monoisotopic (exact) mass is 219 g/mol. The molecule has 0 saturated carbocycles. The normalized spacial score (nSPS) is 26.1. The highest BCUT2D eigenvalue weighted by molar-refractivity contribution is 5.15. The second-order valence-corrected chi connectivity index (χ2v) is 4.47. The van der Waals surface area contributed by atoms with Crippen molar-refractivity contribution in [2.75, 3.05) is 27.2 Å². The molecule has 0 aromatic heterocycles. The predicted molar refractivity (Wildman–Crippen MR) is 67.4 cm³/mol. The summed E-state index contributed by atoms with van der Waals surface area (Å²) in [7, 11) is 4.09. The van der Waals surface area contributed by atoms with Crippen molar-refractivity contribution in [3.8, 4) is 0 Å². The van der Waals surface area contributed by atoms with Crippen LogP contribution in [0.2, 0.25) is 0 Å². The van der Waals surface area contributed by atoms with E-state index in [1.54, 1.807) is 0 Å². The van der Waals surface area contributed by atoms with E-state index in [1.807, 2.05) is 14.1 Å². The van der Waals surface area contributed by atoms with Crippen LogP contribution >= 0.6 is 0 Å². The van der Waals surface area contributed by atoms with E-state index in [9.17, 15) is 0 Å². The molecule has 1 saturated heterocycles. The highest BCUT2D eigenvalue weighted by Gasteiger charge is 2.30. The van der Waals surface area contributed by atoms with E-state index < -0.39 is 0 Å². The molecule has 0 aliphatic carbocycles. The molecule has 2 unspecified atom stereocenters. The van der Waals surface area contributed by atoms with Gasteiger partial charge in [-0.3, -0.25) is 4.90 Å². The molecule has 88 valence electrons. The standard InChI is InChI=1S/C13H21N3/c1-14-12-9-16(10-13(12)15-2)8-11-6-4-3-5-7-11/h3-7,12-15H,8-10H2,1-2H3. The first-order chi connectivity index (χ1) is 7.83. The molecule has 3 heteroatoms. The van der Waals surface area contributed by atoms with Gasteiger partial charge in [-0.25, -0.2) is 0 Å². The highest BCUT2D eigenvalue weighted by atomic mass is 15.2. The average Bonchev–Trinajstić information content (AvgIpc) is 2.72. The number of likely N-dealkylation sites (N-methyl/N-ethyl adjacent to an activating group) is 2. The Balaban J connectivity index is 1.93. The van der Waals surface area contributed by atoms with Gasteiger partial charge in [0, 0.05) is 31.7 Å². The zero-order valence-electron chi connectivity index (χ0n) is 10.1. The lowest BCUT2D eigenvalue weighted by Crippen LogP contribution is -2.43. The lowest BCUT2D eigenvalue weighted by atomic mass is 10.2. The minimum absolute atomic E-state index is 0.564. The SMILES string of the molecule is CNC1CN(Cc2ccccc2)CC1NC. The Morgan fingerprint density at radius 3 is 2.12 bits per heavy atom. The van der Waals surface area contributed by atoms with Crippen molar-refractivity contribution < 1.29 is 0 Å². The molecule has 16 heavy (non-hydrogen) atoms. The van der Waals surface area contributed by atoms with Gasteiger partial charge in [0.05, 0.1) is 0 Å². The van der Waals surface area contributed by atoms with E-state index in [1.165, 1.54) is 5.56 Å². The summed E-state index contributed by atoms with van der Waals surface area (Å²) in [6, 6.07) is 11.8. The highest BCUT2D eigenvalue weighted by Crippen LogP contribution is 2.13. The molecule has 0 amide bonds. The summed E-state index contributed by atoms with van der Waals surface area (Å²) in [6.07, 6.45) is 0. The minimum atomic E-state index is 0.564. The molecule has 2 atom stereocenters. The Morgan fingerprint density at radius 1 is 1.06 bits per heavy atom. The van der Waals surface area contributed by atoms with E-state index in [4.69, 9.17) is 0 Å². The molecule has 1 heterocycles. The van der Waals surface area contributed by atoms with Gasteiger partial charge in [0.2, 0.25) is 0 Å². The lowest BCUT2D eigenvalue weighted by Gasteiger charge is -2.15. The van der Waals surface area contributed by atoms with Gasteiger partial charge in [-0.1, -0.05) is 30.3 Å². The van der Waals surface area contributed by atoms with E-state index in [-0.39, 0.29) is 0 Å². The first-order valence-corrected chi connectivity index (χ1v) is 5.94. The van der Waals surface area contributed by atoms with Crippen LogP contribution in [0.5, 0.6) is 0 Å². The second-order valence-electron chi connectivity index (χ2n) is 4.47. The molecule has 1 aliphatic heterocycles. The number of likely N-dealkylation sites (tertiary alicyclic amines) is 1. The number of hydrogen-bond donors (Lipinski definition) is 2. The van der Waals surface area contributed by atoms with Crippen molar-refractivity contribution in [1.29, 1.82) is 0 Å². The molecule has 1 aromatic rings. The number of nitrogens with zero attached hydrogens (tertiary/aromatic N) is 1. The van der Waals surface area contributed by atoms with Crippen LogP contribution in [0.3, 0.4) is 0 Å². The van der Waals surface area contributed by atoms with E-state index >= 15 is 0 Å². The van der Waals surface area contributed by atoms with Gasteiger partial charge in [-0.2, -0.15) is 0 Å². The summed E-state index contributed by atoms with van der Waals surface area (Å²) in [5.41, 5.74) is 1.40. The molecular formula is C13H21N3. The van der Waals surface area contributed by atoms with Gasteiger partial charge in [0.15, 0.2) is 0 Å². The van der Waals surface area contributed by atoms with Crippen LogP contribution in [-0.4, -0.2) is 44.2 Å². The molecule has 0 spiro atoms. The van der Waals surface area contributed by atoms with Crippen LogP contribution in [0.1, 0.15) is 5.56 Å². The minimum Gasteiger partial charge on any atom is -0.314 e. The van der Waals surface area contributed by atoms with Crippen LogP contribution in [0.15, 0.2) is 30.3 Å². The number of hydrogen-bond acceptors (Lipinski definition) is 3. The molecule has 0 radical (unpaired) electrons. The molecule has 1 aromatic carbocycles. The molecule has 2 rings (SSSR count). The summed E-state index contributed by atoms with van der Waals surface area (Å²) in [6.45, 7) is 3.30. The first kappa shape index (κ1) is 11.6. The largest absolute Gasteiger partial charge is 0.314 e. The maximum atomic E-state index is 3.38.